The summed E-state index contributed by atoms with van der Waals surface area (Å²) in [5.41, 5.74) is 8.06. The van der Waals surface area contributed by atoms with E-state index in [1.807, 2.05) is 24.4 Å². The molecule has 39 heavy (non-hydrogen) atoms. The highest BCUT2D eigenvalue weighted by Gasteiger charge is 2.17. The van der Waals surface area contributed by atoms with Crippen molar-refractivity contribution in [3.63, 3.8) is 0 Å². The van der Waals surface area contributed by atoms with Crippen LogP contribution in [0.15, 0.2) is 146 Å². The number of imidazole rings is 1. The Hall–Kier alpha value is -5.21. The summed E-state index contributed by atoms with van der Waals surface area (Å²) in [6.45, 7) is 0. The average Bonchev–Trinajstić information content (AvgIpc) is 3.44. The van der Waals surface area contributed by atoms with E-state index >= 15 is 0 Å². The lowest BCUT2D eigenvalue weighted by atomic mass is 9.85. The highest BCUT2D eigenvalue weighted by molar-refractivity contribution is 6.21. The minimum absolute atomic E-state index is 0.956. The predicted octanol–water partition coefficient (Wildman–Crippen LogP) is 9.79. The molecule has 0 N–H and O–H groups in total. The van der Waals surface area contributed by atoms with Crippen LogP contribution in [0.3, 0.4) is 0 Å². The van der Waals surface area contributed by atoms with Crippen molar-refractivity contribution in [2.45, 2.75) is 0 Å². The first-order chi connectivity index (χ1) is 19.3. The molecule has 0 amide bonds. The van der Waals surface area contributed by atoms with Crippen molar-refractivity contribution >= 4 is 38.0 Å². The molecule has 2 heteroatoms. The summed E-state index contributed by atoms with van der Waals surface area (Å²) in [4.78, 5) is 4.81. The van der Waals surface area contributed by atoms with E-state index in [0.29, 0.717) is 0 Å². The maximum Gasteiger partial charge on any atom is 0.137 e. The van der Waals surface area contributed by atoms with Gasteiger partial charge in [0.1, 0.15) is 5.65 Å². The number of benzene rings is 6. The van der Waals surface area contributed by atoms with Crippen LogP contribution < -0.4 is 0 Å². The quantitative estimate of drug-likeness (QED) is 0.223. The number of nitrogens with zero attached hydrogens (tertiary/aromatic N) is 2. The second-order valence-corrected chi connectivity index (χ2v) is 10.1. The van der Waals surface area contributed by atoms with Gasteiger partial charge >= 0.3 is 0 Å². The van der Waals surface area contributed by atoms with Crippen molar-refractivity contribution in [2.75, 3.05) is 0 Å². The number of pyridine rings is 1. The Bertz CT molecular complexity index is 2080. The Kier molecular flexibility index (Phi) is 4.86. The molecule has 0 aliphatic rings. The van der Waals surface area contributed by atoms with Gasteiger partial charge in [-0.2, -0.15) is 0 Å². The van der Waals surface area contributed by atoms with Crippen LogP contribution in [0.25, 0.3) is 71.5 Å². The van der Waals surface area contributed by atoms with Gasteiger partial charge in [-0.05, 0) is 72.8 Å². The summed E-state index contributed by atoms with van der Waals surface area (Å²) in [6.07, 6.45) is 4.13. The molecule has 6 aromatic carbocycles. The molecule has 0 saturated carbocycles. The Morgan fingerprint density at radius 2 is 0.974 bits per heavy atom. The molecular formula is C37H24N2. The van der Waals surface area contributed by atoms with Crippen molar-refractivity contribution < 1.29 is 0 Å². The fourth-order valence-electron chi connectivity index (χ4n) is 5.98. The van der Waals surface area contributed by atoms with Crippen molar-refractivity contribution in [3.05, 3.63) is 146 Å². The maximum atomic E-state index is 4.81. The van der Waals surface area contributed by atoms with Crippen LogP contribution in [0.4, 0.5) is 0 Å². The molecule has 0 aliphatic carbocycles. The van der Waals surface area contributed by atoms with E-state index in [-0.39, 0.29) is 0 Å². The third kappa shape index (κ3) is 3.53. The highest BCUT2D eigenvalue weighted by atomic mass is 15.0. The lowest BCUT2D eigenvalue weighted by Crippen LogP contribution is -1.91. The van der Waals surface area contributed by atoms with Gasteiger partial charge in [-0.1, -0.05) is 115 Å². The summed E-state index contributed by atoms with van der Waals surface area (Å²) < 4.78 is 2.07. The molecule has 8 aromatic rings. The van der Waals surface area contributed by atoms with Crippen LogP contribution in [0, 0.1) is 0 Å². The summed E-state index contributed by atoms with van der Waals surface area (Å²) in [5, 5.41) is 7.59. The lowest BCUT2D eigenvalue weighted by molar-refractivity contribution is 1.19. The lowest BCUT2D eigenvalue weighted by Gasteiger charge is -2.18. The summed E-state index contributed by atoms with van der Waals surface area (Å²) in [7, 11) is 0. The zero-order valence-corrected chi connectivity index (χ0v) is 21.3. The molecule has 2 heterocycles. The molecule has 8 rings (SSSR count). The van der Waals surface area contributed by atoms with Gasteiger partial charge in [0.2, 0.25) is 0 Å². The molecule has 0 aliphatic heterocycles. The molecule has 0 fully saturated rings. The van der Waals surface area contributed by atoms with Gasteiger partial charge in [-0.25, -0.2) is 4.98 Å². The summed E-state index contributed by atoms with van der Waals surface area (Å²) >= 11 is 0. The monoisotopic (exact) mass is 496 g/mol. The molecule has 0 unspecified atom stereocenters. The largest absolute Gasteiger partial charge is 0.306 e. The third-order valence-electron chi connectivity index (χ3n) is 7.80. The molecule has 182 valence electrons. The molecular weight excluding hydrogens is 472 g/mol. The molecule has 0 bridgehead atoms. The van der Waals surface area contributed by atoms with E-state index in [0.717, 1.165) is 16.9 Å². The van der Waals surface area contributed by atoms with Gasteiger partial charge in [-0.3, -0.25) is 0 Å². The van der Waals surface area contributed by atoms with Gasteiger partial charge < -0.3 is 4.40 Å². The number of fused-ring (bicyclic) bond motifs is 4. The molecule has 0 saturated heterocycles. The normalized spacial score (nSPS) is 11.6. The Morgan fingerprint density at radius 3 is 1.64 bits per heavy atom. The van der Waals surface area contributed by atoms with Crippen molar-refractivity contribution in [3.8, 4) is 33.5 Å². The Labute approximate surface area is 226 Å². The van der Waals surface area contributed by atoms with Crippen LogP contribution in [-0.4, -0.2) is 9.38 Å². The first kappa shape index (κ1) is 21.8. The van der Waals surface area contributed by atoms with E-state index < -0.39 is 0 Å². The van der Waals surface area contributed by atoms with Crippen molar-refractivity contribution in [2.24, 2.45) is 0 Å². The van der Waals surface area contributed by atoms with Crippen LogP contribution in [0.2, 0.25) is 0 Å². The number of hydrogen-bond donors (Lipinski definition) is 0. The van der Waals surface area contributed by atoms with Crippen molar-refractivity contribution in [1.29, 1.82) is 0 Å². The van der Waals surface area contributed by atoms with Crippen LogP contribution >= 0.6 is 0 Å². The van der Waals surface area contributed by atoms with E-state index in [1.165, 1.54) is 54.6 Å². The van der Waals surface area contributed by atoms with Gasteiger partial charge in [-0.15, -0.1) is 0 Å². The summed E-state index contributed by atoms with van der Waals surface area (Å²) in [5.74, 6) is 0. The van der Waals surface area contributed by atoms with E-state index in [4.69, 9.17) is 4.98 Å². The molecule has 0 radical (unpaired) electrons. The zero-order chi connectivity index (χ0) is 25.8. The summed E-state index contributed by atoms with van der Waals surface area (Å²) in [6, 6.07) is 48.0. The van der Waals surface area contributed by atoms with Crippen molar-refractivity contribution in [1.82, 2.24) is 9.38 Å². The van der Waals surface area contributed by atoms with Crippen LogP contribution in [0.1, 0.15) is 0 Å². The van der Waals surface area contributed by atoms with Gasteiger partial charge in [0.05, 0.1) is 5.69 Å². The predicted molar refractivity (Wildman–Crippen MR) is 164 cm³/mol. The van der Waals surface area contributed by atoms with Crippen LogP contribution in [-0.2, 0) is 0 Å². The fourth-order valence-corrected chi connectivity index (χ4v) is 5.98. The second kappa shape index (κ2) is 8.68. The van der Waals surface area contributed by atoms with E-state index in [2.05, 4.69) is 126 Å². The first-order valence-electron chi connectivity index (χ1n) is 13.3. The minimum atomic E-state index is 0.956. The standard InChI is InChI=1S/C37H24N2/c1-2-10-28-23-29(21-16-25(28)9-1)37-32-13-5-3-11-30(32)36(31-12-4-6-14-33(31)37)27-19-17-26(18-20-27)34-24-39-22-8-7-15-35(39)38-34/h1-24H. The first-order valence-corrected chi connectivity index (χ1v) is 13.3. The second-order valence-electron chi connectivity index (χ2n) is 10.1. The highest BCUT2D eigenvalue weighted by Crippen LogP contribution is 2.44. The molecule has 0 spiro atoms. The van der Waals surface area contributed by atoms with Gasteiger partial charge in [0.15, 0.2) is 0 Å². The van der Waals surface area contributed by atoms with Crippen LogP contribution in [0.5, 0.6) is 0 Å². The average molecular weight is 497 g/mol. The van der Waals surface area contributed by atoms with Gasteiger partial charge in [0, 0.05) is 18.0 Å². The molecule has 2 aromatic heterocycles. The van der Waals surface area contributed by atoms with E-state index in [9.17, 15) is 0 Å². The molecule has 0 atom stereocenters. The SMILES string of the molecule is c1ccc2cc(-c3c4ccccc4c(-c4ccc(-c5cn6ccccc6n5)cc4)c4ccccc34)ccc2c1. The third-order valence-corrected chi connectivity index (χ3v) is 7.80. The number of hydrogen-bond acceptors (Lipinski definition) is 1. The Morgan fingerprint density at radius 1 is 0.436 bits per heavy atom. The fraction of sp³-hybridized carbons (Fsp3) is 0. The topological polar surface area (TPSA) is 17.3 Å². The van der Waals surface area contributed by atoms with Gasteiger partial charge in [0.25, 0.3) is 0 Å². The zero-order valence-electron chi connectivity index (χ0n) is 21.3. The maximum absolute atomic E-state index is 4.81. The minimum Gasteiger partial charge on any atom is -0.306 e. The Balaban J connectivity index is 1.35. The number of rotatable bonds is 3. The molecule has 2 nitrogen and oxygen atoms in total. The smallest absolute Gasteiger partial charge is 0.137 e. The number of aromatic nitrogens is 2. The van der Waals surface area contributed by atoms with E-state index in [1.54, 1.807) is 0 Å².